The molecule has 9 rings (SSSR count). The van der Waals surface area contributed by atoms with E-state index >= 15 is 0 Å². The molecular weight excluding hydrogens is 452 g/mol. The van der Waals surface area contributed by atoms with Gasteiger partial charge in [0.25, 0.3) is 0 Å². The van der Waals surface area contributed by atoms with Gasteiger partial charge in [0.15, 0.2) is 0 Å². The molecule has 0 N–H and O–H groups in total. The van der Waals surface area contributed by atoms with E-state index in [1.54, 1.807) is 0 Å². The first-order valence-electron chi connectivity index (χ1n) is 14.8. The first-order chi connectivity index (χ1) is 17.0. The van der Waals surface area contributed by atoms with Crippen LogP contribution in [-0.4, -0.2) is 30.9 Å². The van der Waals surface area contributed by atoms with Crippen molar-refractivity contribution in [2.24, 2.45) is 68.5 Å². The number of fused-ring (bicyclic) bond motifs is 4. The van der Waals surface area contributed by atoms with Crippen molar-refractivity contribution in [2.75, 3.05) is 7.11 Å². The molecule has 5 heteroatoms. The highest BCUT2D eigenvalue weighted by molar-refractivity contribution is 5.89. The lowest BCUT2D eigenvalue weighted by Gasteiger charge is -2.81. The molecule has 13 atom stereocenters. The van der Waals surface area contributed by atoms with Crippen molar-refractivity contribution >= 4 is 17.7 Å². The first-order valence-corrected chi connectivity index (χ1v) is 14.8. The zero-order chi connectivity index (χ0) is 25.6. The average Bonchev–Trinajstić information content (AvgIpc) is 2.97. The number of ether oxygens (including phenoxy) is 2. The summed E-state index contributed by atoms with van der Waals surface area (Å²) < 4.78 is 10.7. The maximum atomic E-state index is 14.5. The molecule has 2 spiro atoms. The first kappa shape index (κ1) is 23.7. The van der Waals surface area contributed by atoms with E-state index in [0.29, 0.717) is 52.1 Å². The molecule has 4 bridgehead atoms. The van der Waals surface area contributed by atoms with E-state index in [2.05, 4.69) is 27.7 Å². The van der Waals surface area contributed by atoms with Gasteiger partial charge in [0, 0.05) is 25.2 Å². The molecule has 0 aromatic heterocycles. The van der Waals surface area contributed by atoms with Gasteiger partial charge in [-0.1, -0.05) is 27.7 Å². The third-order valence-electron chi connectivity index (χ3n) is 14.5. The van der Waals surface area contributed by atoms with Gasteiger partial charge >= 0.3 is 11.9 Å². The summed E-state index contributed by atoms with van der Waals surface area (Å²) in [7, 11) is 1.49. The topological polar surface area (TPSA) is 69.7 Å². The van der Waals surface area contributed by atoms with Gasteiger partial charge in [-0.2, -0.15) is 0 Å². The highest BCUT2D eigenvalue weighted by atomic mass is 16.5. The molecule has 0 saturated heterocycles. The van der Waals surface area contributed by atoms with Gasteiger partial charge in [0.2, 0.25) is 0 Å². The summed E-state index contributed by atoms with van der Waals surface area (Å²) in [6.07, 6.45) is 8.89. The number of Topliss-reactive ketones (excluding diaryl/α,β-unsaturated/α-hetero) is 1. The normalized spacial score (nSPS) is 57.3. The summed E-state index contributed by atoms with van der Waals surface area (Å²) in [6.45, 7) is 11.2. The van der Waals surface area contributed by atoms with E-state index < -0.39 is 0 Å². The molecule has 4 unspecified atom stereocenters. The molecule has 0 aromatic carbocycles. The average molecular weight is 497 g/mol. The smallest absolute Gasteiger partial charge is 0.305 e. The van der Waals surface area contributed by atoms with E-state index in [1.807, 2.05) is 0 Å². The Morgan fingerprint density at radius 1 is 1.11 bits per heavy atom. The number of rotatable bonds is 6. The molecule has 9 fully saturated rings. The van der Waals surface area contributed by atoms with Crippen LogP contribution in [0.15, 0.2) is 0 Å². The molecule has 9 aliphatic carbocycles. The summed E-state index contributed by atoms with van der Waals surface area (Å²) >= 11 is 0. The van der Waals surface area contributed by atoms with E-state index in [1.165, 1.54) is 33.3 Å². The number of methoxy groups -OCH3 is 1. The fourth-order valence-electron chi connectivity index (χ4n) is 14.0. The quantitative estimate of drug-likeness (QED) is 0.448. The van der Waals surface area contributed by atoms with Crippen molar-refractivity contribution in [1.82, 2.24) is 0 Å². The minimum absolute atomic E-state index is 0.0274. The minimum atomic E-state index is -0.190. The van der Waals surface area contributed by atoms with Gasteiger partial charge in [-0.3, -0.25) is 14.4 Å². The molecule has 198 valence electrons. The fourth-order valence-corrected chi connectivity index (χ4v) is 14.0. The summed E-state index contributed by atoms with van der Waals surface area (Å²) in [5, 5.41) is 0. The molecular formula is C31H44O5. The van der Waals surface area contributed by atoms with E-state index in [0.717, 1.165) is 38.0 Å². The van der Waals surface area contributed by atoms with Crippen LogP contribution in [0.4, 0.5) is 0 Å². The van der Waals surface area contributed by atoms with Gasteiger partial charge < -0.3 is 9.47 Å². The van der Waals surface area contributed by atoms with Crippen LogP contribution in [0.2, 0.25) is 0 Å². The van der Waals surface area contributed by atoms with Crippen molar-refractivity contribution in [3.05, 3.63) is 0 Å². The van der Waals surface area contributed by atoms with Gasteiger partial charge in [-0.25, -0.2) is 0 Å². The molecule has 5 nitrogen and oxygen atoms in total. The lowest BCUT2D eigenvalue weighted by molar-refractivity contribution is -0.342. The summed E-state index contributed by atoms with van der Waals surface area (Å²) in [4.78, 5) is 38.2. The summed E-state index contributed by atoms with van der Waals surface area (Å²) in [5.41, 5.74) is 1.49. The molecule has 0 amide bonds. The van der Waals surface area contributed by atoms with Gasteiger partial charge in [0.1, 0.15) is 11.9 Å². The number of carbonyl (C=O) groups is 3. The molecule has 0 radical (unpaired) electrons. The third kappa shape index (κ3) is 2.03. The number of hydrogen-bond donors (Lipinski definition) is 0. The van der Waals surface area contributed by atoms with Gasteiger partial charge in [-0.15, -0.1) is 0 Å². The Balaban J connectivity index is 1.23. The number of ketones is 1. The highest BCUT2D eigenvalue weighted by Crippen LogP contribution is 3.16. The van der Waals surface area contributed by atoms with Crippen molar-refractivity contribution in [1.29, 1.82) is 0 Å². The van der Waals surface area contributed by atoms with E-state index in [4.69, 9.17) is 9.47 Å². The maximum Gasteiger partial charge on any atom is 0.305 e. The molecule has 0 aromatic rings. The molecule has 0 aliphatic heterocycles. The Labute approximate surface area is 215 Å². The highest BCUT2D eigenvalue weighted by Gasteiger charge is 3.13. The van der Waals surface area contributed by atoms with Crippen molar-refractivity contribution in [3.63, 3.8) is 0 Å². The zero-order valence-corrected chi connectivity index (χ0v) is 23.0. The molecule has 9 saturated carbocycles. The Kier molecular flexibility index (Phi) is 4.46. The summed E-state index contributed by atoms with van der Waals surface area (Å²) in [6, 6.07) is 0. The van der Waals surface area contributed by atoms with E-state index in [-0.39, 0.29) is 40.7 Å². The van der Waals surface area contributed by atoms with Crippen LogP contribution in [0.1, 0.15) is 92.4 Å². The standard InChI is InChI=1S/C31H44O5/c1-7-19-20-14-18(36-17(3)32)10-11-27(20,4)21-15-28(5)25-26-29(16(2)8-9-22(33)35-6)12-13-30(26,31(25,28)29)23(21)24(19)34/h16,18-21,23,25-26H,7-15H2,1-6H3/t16-,18-,19-,20+,21?,23?,25-,26?,27+,28+,29+,30?,31+/m1/s1. The van der Waals surface area contributed by atoms with Crippen LogP contribution in [0.3, 0.4) is 0 Å². The summed E-state index contributed by atoms with van der Waals surface area (Å²) in [5.74, 6) is 3.46. The zero-order valence-electron chi connectivity index (χ0n) is 23.0. The minimum Gasteiger partial charge on any atom is -0.469 e. The van der Waals surface area contributed by atoms with Crippen molar-refractivity contribution < 1.29 is 23.9 Å². The third-order valence-corrected chi connectivity index (χ3v) is 14.5. The second-order valence-electron chi connectivity index (χ2n) is 14.6. The Hall–Kier alpha value is -1.39. The predicted molar refractivity (Wildman–Crippen MR) is 133 cm³/mol. The number of hydrogen-bond acceptors (Lipinski definition) is 5. The fraction of sp³-hybridized carbons (Fsp3) is 0.903. The maximum absolute atomic E-state index is 14.5. The van der Waals surface area contributed by atoms with Crippen LogP contribution in [-0.2, 0) is 23.9 Å². The molecule has 9 aliphatic rings. The van der Waals surface area contributed by atoms with Crippen molar-refractivity contribution in [2.45, 2.75) is 98.5 Å². The molecule has 0 heterocycles. The Morgan fingerprint density at radius 2 is 1.86 bits per heavy atom. The largest absolute Gasteiger partial charge is 0.469 e. The van der Waals surface area contributed by atoms with Crippen LogP contribution in [0.25, 0.3) is 0 Å². The van der Waals surface area contributed by atoms with Crippen LogP contribution >= 0.6 is 0 Å². The number of esters is 2. The van der Waals surface area contributed by atoms with Crippen LogP contribution < -0.4 is 0 Å². The van der Waals surface area contributed by atoms with E-state index in [9.17, 15) is 14.4 Å². The van der Waals surface area contributed by atoms with Crippen LogP contribution in [0, 0.1) is 68.5 Å². The second-order valence-corrected chi connectivity index (χ2v) is 14.6. The van der Waals surface area contributed by atoms with Gasteiger partial charge in [-0.05, 0) is 108 Å². The van der Waals surface area contributed by atoms with Crippen LogP contribution in [0.5, 0.6) is 0 Å². The lowest BCUT2D eigenvalue weighted by Crippen LogP contribution is -2.79. The Morgan fingerprint density at radius 3 is 2.53 bits per heavy atom. The van der Waals surface area contributed by atoms with Crippen molar-refractivity contribution in [3.8, 4) is 0 Å². The second kappa shape index (κ2) is 6.78. The lowest BCUT2D eigenvalue weighted by atomic mass is 9.22. The number of carbonyl (C=O) groups excluding carboxylic acids is 3. The molecule has 36 heavy (non-hydrogen) atoms. The SMILES string of the molecule is CC[C@H]1C(=O)C2C(C[C@@]3(C)[C@H]4C5C26CC[C@@]5([C@H](C)CCC(=O)OC)[C@@]463)[C@@]2(C)CC[C@@H](OC(C)=O)C[C@@H]12. The monoisotopic (exact) mass is 496 g/mol. The predicted octanol–water partition coefficient (Wildman–Crippen LogP) is 5.59. The Bertz CT molecular complexity index is 1070. The van der Waals surface area contributed by atoms with Gasteiger partial charge in [0.05, 0.1) is 7.11 Å².